The van der Waals surface area contributed by atoms with Crippen molar-refractivity contribution in [3.8, 4) is 0 Å². The Hall–Kier alpha value is -0.120. The van der Waals surface area contributed by atoms with Crippen LogP contribution in [-0.2, 0) is 4.74 Å². The Morgan fingerprint density at radius 3 is 2.86 bits per heavy atom. The van der Waals surface area contributed by atoms with E-state index in [4.69, 9.17) is 10.5 Å². The van der Waals surface area contributed by atoms with Crippen molar-refractivity contribution in [1.29, 1.82) is 0 Å². The van der Waals surface area contributed by atoms with Gasteiger partial charge in [0.25, 0.3) is 0 Å². The highest BCUT2D eigenvalue weighted by Crippen LogP contribution is 2.17. The third-order valence-electron chi connectivity index (χ3n) is 3.16. The second-order valence-corrected chi connectivity index (χ2v) is 4.12. The Bertz CT molecular complexity index is 152. The van der Waals surface area contributed by atoms with Crippen LogP contribution >= 0.6 is 0 Å². The molecule has 1 rings (SSSR count). The lowest BCUT2D eigenvalue weighted by molar-refractivity contribution is 0.0849. The van der Waals surface area contributed by atoms with E-state index in [0.717, 1.165) is 39.3 Å². The Kier molecular flexibility index (Phi) is 5.45. The lowest BCUT2D eigenvalue weighted by Gasteiger charge is -2.36. The van der Waals surface area contributed by atoms with Crippen LogP contribution in [0.5, 0.6) is 0 Å². The van der Waals surface area contributed by atoms with E-state index in [1.54, 1.807) is 0 Å². The van der Waals surface area contributed by atoms with Gasteiger partial charge in [-0.05, 0) is 25.8 Å². The summed E-state index contributed by atoms with van der Waals surface area (Å²) in [6.07, 6.45) is 2.34. The minimum Gasteiger partial charge on any atom is -0.380 e. The molecular formula is C11H24N2O. The molecule has 1 fully saturated rings. The van der Waals surface area contributed by atoms with Gasteiger partial charge in [-0.1, -0.05) is 13.3 Å². The molecule has 1 aliphatic rings. The SMILES string of the molecule is CCOCCN1CCC(N)C(CC)C1. The molecule has 1 heterocycles. The molecule has 1 saturated heterocycles. The van der Waals surface area contributed by atoms with Crippen LogP contribution in [0.3, 0.4) is 0 Å². The van der Waals surface area contributed by atoms with Crippen LogP contribution < -0.4 is 5.73 Å². The van der Waals surface area contributed by atoms with Gasteiger partial charge in [0.15, 0.2) is 0 Å². The minimum absolute atomic E-state index is 0.420. The third kappa shape index (κ3) is 3.56. The van der Waals surface area contributed by atoms with E-state index in [1.807, 2.05) is 6.92 Å². The van der Waals surface area contributed by atoms with Gasteiger partial charge in [-0.15, -0.1) is 0 Å². The molecule has 1 aliphatic heterocycles. The molecule has 0 amide bonds. The molecule has 0 radical (unpaired) electrons. The van der Waals surface area contributed by atoms with Gasteiger partial charge in [0.2, 0.25) is 0 Å². The highest BCUT2D eigenvalue weighted by Gasteiger charge is 2.24. The summed E-state index contributed by atoms with van der Waals surface area (Å²) in [5.74, 6) is 0.686. The molecule has 2 atom stereocenters. The van der Waals surface area contributed by atoms with E-state index in [0.29, 0.717) is 12.0 Å². The Balaban J connectivity index is 2.21. The van der Waals surface area contributed by atoms with Gasteiger partial charge in [0.1, 0.15) is 0 Å². The molecule has 0 aromatic heterocycles. The molecular weight excluding hydrogens is 176 g/mol. The van der Waals surface area contributed by atoms with Crippen LogP contribution in [0.1, 0.15) is 26.7 Å². The summed E-state index contributed by atoms with van der Waals surface area (Å²) in [5, 5.41) is 0. The topological polar surface area (TPSA) is 38.5 Å². The Morgan fingerprint density at radius 1 is 1.43 bits per heavy atom. The number of ether oxygens (including phenoxy) is 1. The van der Waals surface area contributed by atoms with Crippen molar-refractivity contribution in [2.24, 2.45) is 11.7 Å². The van der Waals surface area contributed by atoms with Gasteiger partial charge in [-0.25, -0.2) is 0 Å². The van der Waals surface area contributed by atoms with Crippen LogP contribution in [0.15, 0.2) is 0 Å². The number of likely N-dealkylation sites (tertiary alicyclic amines) is 1. The summed E-state index contributed by atoms with van der Waals surface area (Å²) >= 11 is 0. The van der Waals surface area contributed by atoms with Crippen molar-refractivity contribution in [3.63, 3.8) is 0 Å². The Morgan fingerprint density at radius 2 is 2.21 bits per heavy atom. The van der Waals surface area contributed by atoms with Crippen LogP contribution in [0.4, 0.5) is 0 Å². The largest absolute Gasteiger partial charge is 0.380 e. The number of hydrogen-bond acceptors (Lipinski definition) is 3. The average molecular weight is 200 g/mol. The number of rotatable bonds is 5. The summed E-state index contributed by atoms with van der Waals surface area (Å²) in [6.45, 7) is 9.33. The smallest absolute Gasteiger partial charge is 0.0593 e. The van der Waals surface area contributed by atoms with Crippen molar-refractivity contribution in [2.75, 3.05) is 32.8 Å². The fourth-order valence-electron chi connectivity index (χ4n) is 2.10. The van der Waals surface area contributed by atoms with Gasteiger partial charge >= 0.3 is 0 Å². The van der Waals surface area contributed by atoms with Gasteiger partial charge < -0.3 is 15.4 Å². The van der Waals surface area contributed by atoms with E-state index >= 15 is 0 Å². The maximum absolute atomic E-state index is 6.05. The van der Waals surface area contributed by atoms with E-state index in [2.05, 4.69) is 11.8 Å². The molecule has 0 aliphatic carbocycles. The van der Waals surface area contributed by atoms with Crippen LogP contribution in [-0.4, -0.2) is 43.8 Å². The normalized spacial score (nSPS) is 29.4. The van der Waals surface area contributed by atoms with Crippen molar-refractivity contribution < 1.29 is 4.74 Å². The number of hydrogen-bond donors (Lipinski definition) is 1. The monoisotopic (exact) mass is 200 g/mol. The molecule has 2 unspecified atom stereocenters. The third-order valence-corrected chi connectivity index (χ3v) is 3.16. The molecule has 0 bridgehead atoms. The van der Waals surface area contributed by atoms with Gasteiger partial charge in [0, 0.05) is 25.7 Å². The lowest BCUT2D eigenvalue weighted by atomic mass is 9.91. The number of nitrogens with two attached hydrogens (primary N) is 1. The predicted octanol–water partition coefficient (Wildman–Crippen LogP) is 1.08. The zero-order valence-electron chi connectivity index (χ0n) is 9.54. The van der Waals surface area contributed by atoms with Crippen LogP contribution in [0.25, 0.3) is 0 Å². The van der Waals surface area contributed by atoms with E-state index in [1.165, 1.54) is 6.42 Å². The highest BCUT2D eigenvalue weighted by molar-refractivity contribution is 4.81. The van der Waals surface area contributed by atoms with Crippen LogP contribution in [0.2, 0.25) is 0 Å². The first-order valence-corrected chi connectivity index (χ1v) is 5.83. The number of nitrogens with zero attached hydrogens (tertiary/aromatic N) is 1. The maximum atomic E-state index is 6.05. The molecule has 2 N–H and O–H groups in total. The first-order chi connectivity index (χ1) is 6.77. The zero-order chi connectivity index (χ0) is 10.4. The molecule has 3 heteroatoms. The molecule has 0 aromatic rings. The lowest BCUT2D eigenvalue weighted by Crippen LogP contribution is -2.47. The first-order valence-electron chi connectivity index (χ1n) is 5.83. The summed E-state index contributed by atoms with van der Waals surface area (Å²) in [7, 11) is 0. The van der Waals surface area contributed by atoms with Crippen LogP contribution in [0, 0.1) is 5.92 Å². The van der Waals surface area contributed by atoms with Gasteiger partial charge in [-0.2, -0.15) is 0 Å². The summed E-state index contributed by atoms with van der Waals surface area (Å²) in [6, 6.07) is 0.420. The summed E-state index contributed by atoms with van der Waals surface area (Å²) in [4.78, 5) is 2.48. The molecule has 84 valence electrons. The fraction of sp³-hybridized carbons (Fsp3) is 1.00. The molecule has 0 spiro atoms. The zero-order valence-corrected chi connectivity index (χ0v) is 9.54. The first kappa shape index (κ1) is 12.0. The summed E-state index contributed by atoms with van der Waals surface area (Å²) in [5.41, 5.74) is 6.05. The minimum atomic E-state index is 0.420. The van der Waals surface area contributed by atoms with E-state index < -0.39 is 0 Å². The van der Waals surface area contributed by atoms with Crippen molar-refractivity contribution >= 4 is 0 Å². The maximum Gasteiger partial charge on any atom is 0.0593 e. The second-order valence-electron chi connectivity index (χ2n) is 4.12. The highest BCUT2D eigenvalue weighted by atomic mass is 16.5. The van der Waals surface area contributed by atoms with Crippen molar-refractivity contribution in [3.05, 3.63) is 0 Å². The quantitative estimate of drug-likeness (QED) is 0.675. The Labute approximate surface area is 87.6 Å². The molecule has 0 aromatic carbocycles. The predicted molar refractivity (Wildman–Crippen MR) is 59.3 cm³/mol. The van der Waals surface area contributed by atoms with E-state index in [-0.39, 0.29) is 0 Å². The van der Waals surface area contributed by atoms with E-state index in [9.17, 15) is 0 Å². The fourth-order valence-corrected chi connectivity index (χ4v) is 2.10. The van der Waals surface area contributed by atoms with Crippen molar-refractivity contribution in [1.82, 2.24) is 4.90 Å². The molecule has 14 heavy (non-hydrogen) atoms. The summed E-state index contributed by atoms with van der Waals surface area (Å²) < 4.78 is 5.36. The second kappa shape index (κ2) is 6.38. The van der Waals surface area contributed by atoms with Crippen molar-refractivity contribution in [2.45, 2.75) is 32.7 Å². The van der Waals surface area contributed by atoms with Gasteiger partial charge in [0.05, 0.1) is 6.61 Å². The molecule has 3 nitrogen and oxygen atoms in total. The number of piperidine rings is 1. The standard InChI is InChI=1S/C11H24N2O/c1-3-10-9-13(6-5-11(10)12)7-8-14-4-2/h10-11H,3-9,12H2,1-2H3. The molecule has 0 saturated carbocycles. The average Bonchev–Trinajstić information content (AvgIpc) is 2.21. The van der Waals surface area contributed by atoms with Gasteiger partial charge in [-0.3, -0.25) is 0 Å².